The number of hydrogen-bond acceptors (Lipinski definition) is 3. The van der Waals surface area contributed by atoms with Gasteiger partial charge in [0.05, 0.1) is 0 Å². The zero-order valence-corrected chi connectivity index (χ0v) is 19.4. The van der Waals surface area contributed by atoms with E-state index in [-0.39, 0.29) is 29.8 Å². The lowest BCUT2D eigenvalue weighted by Gasteiger charge is -2.32. The van der Waals surface area contributed by atoms with Gasteiger partial charge in [-0.1, -0.05) is 18.2 Å². The van der Waals surface area contributed by atoms with Crippen LogP contribution in [0.1, 0.15) is 24.8 Å². The maximum Gasteiger partial charge on any atom is 0.190 e. The Balaban J connectivity index is 0.00000300. The number of benzene rings is 1. The highest BCUT2D eigenvalue weighted by atomic mass is 127. The number of aromatic nitrogens is 2. The van der Waals surface area contributed by atoms with Crippen molar-refractivity contribution in [2.75, 3.05) is 33.2 Å². The van der Waals surface area contributed by atoms with E-state index in [9.17, 15) is 4.39 Å². The van der Waals surface area contributed by atoms with Crippen LogP contribution in [0.5, 0.6) is 0 Å². The summed E-state index contributed by atoms with van der Waals surface area (Å²) in [5, 5.41) is 11.0. The van der Waals surface area contributed by atoms with Gasteiger partial charge in [0.1, 0.15) is 5.82 Å². The third-order valence-corrected chi connectivity index (χ3v) is 5.26. The molecule has 0 aliphatic carbocycles. The highest BCUT2D eigenvalue weighted by Crippen LogP contribution is 2.19. The minimum atomic E-state index is -0.103. The van der Waals surface area contributed by atoms with E-state index in [0.717, 1.165) is 63.5 Å². The van der Waals surface area contributed by atoms with Crippen LogP contribution < -0.4 is 10.6 Å². The zero-order chi connectivity index (χ0) is 19.6. The maximum atomic E-state index is 13.8. The van der Waals surface area contributed by atoms with Crippen LogP contribution in [0, 0.1) is 11.7 Å². The Hall–Kier alpha value is -1.68. The summed E-state index contributed by atoms with van der Waals surface area (Å²) in [4.78, 5) is 6.65. The first-order valence-electron chi connectivity index (χ1n) is 10.1. The fourth-order valence-electron chi connectivity index (χ4n) is 3.56. The summed E-state index contributed by atoms with van der Waals surface area (Å²) >= 11 is 0. The number of nitrogens with zero attached hydrogens (tertiary/aromatic N) is 4. The fraction of sp³-hybridized carbons (Fsp3) is 0.524. The average molecular weight is 514 g/mol. The van der Waals surface area contributed by atoms with E-state index in [0.29, 0.717) is 12.5 Å². The van der Waals surface area contributed by atoms with Crippen molar-refractivity contribution in [3.63, 3.8) is 0 Å². The molecule has 0 amide bonds. The van der Waals surface area contributed by atoms with E-state index >= 15 is 0 Å². The van der Waals surface area contributed by atoms with Crippen LogP contribution in [0.2, 0.25) is 0 Å². The van der Waals surface area contributed by atoms with E-state index < -0.39 is 0 Å². The number of guanidine groups is 1. The van der Waals surface area contributed by atoms with Crippen LogP contribution in [0.4, 0.5) is 4.39 Å². The Morgan fingerprint density at radius 1 is 1.21 bits per heavy atom. The molecule has 0 atom stereocenters. The summed E-state index contributed by atoms with van der Waals surface area (Å²) < 4.78 is 15.8. The van der Waals surface area contributed by atoms with Gasteiger partial charge in [0.2, 0.25) is 0 Å². The van der Waals surface area contributed by atoms with Crippen LogP contribution in [-0.4, -0.2) is 53.9 Å². The second kappa shape index (κ2) is 12.8. The normalized spacial score (nSPS) is 15.7. The molecule has 160 valence electrons. The lowest BCUT2D eigenvalue weighted by molar-refractivity contribution is 0.176. The van der Waals surface area contributed by atoms with E-state index in [2.05, 4.69) is 25.6 Å². The highest BCUT2D eigenvalue weighted by molar-refractivity contribution is 14.0. The molecule has 0 unspecified atom stereocenters. The molecule has 8 heteroatoms. The Labute approximate surface area is 190 Å². The Bertz CT molecular complexity index is 729. The minimum absolute atomic E-state index is 0. The molecule has 2 heterocycles. The first-order valence-corrected chi connectivity index (χ1v) is 10.1. The molecule has 0 saturated carbocycles. The smallest absolute Gasteiger partial charge is 0.190 e. The third-order valence-electron chi connectivity index (χ3n) is 5.26. The van der Waals surface area contributed by atoms with Gasteiger partial charge in [-0.3, -0.25) is 14.6 Å². The van der Waals surface area contributed by atoms with Gasteiger partial charge in [0, 0.05) is 51.2 Å². The molecule has 1 aliphatic rings. The Morgan fingerprint density at radius 2 is 2.00 bits per heavy atom. The number of piperidine rings is 1. The molecule has 1 aliphatic heterocycles. The predicted molar refractivity (Wildman–Crippen MR) is 126 cm³/mol. The van der Waals surface area contributed by atoms with Crippen molar-refractivity contribution in [3.05, 3.63) is 54.1 Å². The first-order chi connectivity index (χ1) is 13.7. The fourth-order valence-corrected chi connectivity index (χ4v) is 3.56. The lowest BCUT2D eigenvalue weighted by atomic mass is 9.96. The number of halogens is 2. The van der Waals surface area contributed by atoms with Crippen LogP contribution in [-0.2, 0) is 13.1 Å². The van der Waals surface area contributed by atoms with Crippen molar-refractivity contribution < 1.29 is 4.39 Å². The second-order valence-corrected chi connectivity index (χ2v) is 7.31. The highest BCUT2D eigenvalue weighted by Gasteiger charge is 2.20. The summed E-state index contributed by atoms with van der Waals surface area (Å²) in [5.74, 6) is 1.38. The molecule has 1 aromatic carbocycles. The monoisotopic (exact) mass is 514 g/mol. The quantitative estimate of drug-likeness (QED) is 0.246. The van der Waals surface area contributed by atoms with Crippen molar-refractivity contribution in [1.29, 1.82) is 0 Å². The number of rotatable bonds is 8. The van der Waals surface area contributed by atoms with Gasteiger partial charge in [-0.05, 0) is 50.4 Å². The van der Waals surface area contributed by atoms with Gasteiger partial charge >= 0.3 is 0 Å². The molecule has 1 saturated heterocycles. The van der Waals surface area contributed by atoms with E-state index in [1.807, 2.05) is 29.1 Å². The van der Waals surface area contributed by atoms with Crippen molar-refractivity contribution in [1.82, 2.24) is 25.3 Å². The summed E-state index contributed by atoms with van der Waals surface area (Å²) in [6, 6.07) is 9.01. The Morgan fingerprint density at radius 3 is 2.69 bits per heavy atom. The van der Waals surface area contributed by atoms with Crippen LogP contribution in [0.3, 0.4) is 0 Å². The predicted octanol–water partition coefficient (Wildman–Crippen LogP) is 3.11. The summed E-state index contributed by atoms with van der Waals surface area (Å²) in [6.07, 6.45) is 7.02. The molecular formula is C21H32FIN6. The molecule has 0 bridgehead atoms. The number of hydrogen-bond donors (Lipinski definition) is 2. The van der Waals surface area contributed by atoms with E-state index in [1.54, 1.807) is 25.4 Å². The van der Waals surface area contributed by atoms with Crippen molar-refractivity contribution in [2.24, 2.45) is 10.9 Å². The molecule has 0 radical (unpaired) electrons. The van der Waals surface area contributed by atoms with E-state index in [4.69, 9.17) is 0 Å². The third kappa shape index (κ3) is 7.93. The van der Waals surface area contributed by atoms with Gasteiger partial charge in [0.15, 0.2) is 5.96 Å². The minimum Gasteiger partial charge on any atom is -0.356 e. The number of aryl methyl sites for hydroxylation is 1. The summed E-state index contributed by atoms with van der Waals surface area (Å²) in [7, 11) is 1.81. The molecule has 1 aromatic heterocycles. The van der Waals surface area contributed by atoms with Crippen LogP contribution >= 0.6 is 24.0 Å². The SMILES string of the molecule is CN=C(NCCCn1cccn1)NCC1CCN(Cc2ccccc2F)CC1.I. The van der Waals surface area contributed by atoms with E-state index in [1.165, 1.54) is 0 Å². The van der Waals surface area contributed by atoms with Crippen molar-refractivity contribution in [3.8, 4) is 0 Å². The first kappa shape index (κ1) is 23.6. The lowest BCUT2D eigenvalue weighted by Crippen LogP contribution is -2.43. The summed E-state index contributed by atoms with van der Waals surface area (Å²) in [5.41, 5.74) is 0.791. The standard InChI is InChI=1S/C21H31FN6.HI/c1-23-21(24-10-4-12-28-13-5-11-26-28)25-16-18-8-14-27(15-9-18)17-19-6-2-3-7-20(19)22;/h2-3,5-7,11,13,18H,4,8-10,12,14-17H2,1H3,(H2,23,24,25);1H. The molecule has 6 nitrogen and oxygen atoms in total. The van der Waals surface area contributed by atoms with Crippen LogP contribution in [0.15, 0.2) is 47.7 Å². The van der Waals surface area contributed by atoms with Gasteiger partial charge < -0.3 is 10.6 Å². The second-order valence-electron chi connectivity index (χ2n) is 7.31. The number of aliphatic imine (C=N–C) groups is 1. The molecule has 3 rings (SSSR count). The van der Waals surface area contributed by atoms with Crippen molar-refractivity contribution >= 4 is 29.9 Å². The average Bonchev–Trinajstić information content (AvgIpc) is 3.24. The molecule has 1 fully saturated rings. The zero-order valence-electron chi connectivity index (χ0n) is 17.1. The Kier molecular flexibility index (Phi) is 10.4. The van der Waals surface area contributed by atoms with Gasteiger partial charge in [-0.15, -0.1) is 24.0 Å². The topological polar surface area (TPSA) is 57.5 Å². The molecule has 2 N–H and O–H groups in total. The van der Waals surface area contributed by atoms with Gasteiger partial charge in [0.25, 0.3) is 0 Å². The molecule has 29 heavy (non-hydrogen) atoms. The van der Waals surface area contributed by atoms with Gasteiger partial charge in [-0.2, -0.15) is 5.10 Å². The molecule has 0 spiro atoms. The van der Waals surface area contributed by atoms with Gasteiger partial charge in [-0.25, -0.2) is 4.39 Å². The van der Waals surface area contributed by atoms with Crippen LogP contribution in [0.25, 0.3) is 0 Å². The maximum absolute atomic E-state index is 13.8. The largest absolute Gasteiger partial charge is 0.356 e. The number of likely N-dealkylation sites (tertiary alicyclic amines) is 1. The molecular weight excluding hydrogens is 482 g/mol. The summed E-state index contributed by atoms with van der Waals surface area (Å²) in [6.45, 7) is 5.41. The van der Waals surface area contributed by atoms with Crippen molar-refractivity contribution in [2.45, 2.75) is 32.4 Å². The number of nitrogens with one attached hydrogen (secondary N) is 2. The molecule has 2 aromatic rings.